The number of benzene rings is 2. The number of rotatable bonds is 6. The van der Waals surface area contributed by atoms with E-state index in [0.29, 0.717) is 16.4 Å². The van der Waals surface area contributed by atoms with Gasteiger partial charge in [-0.15, -0.1) is 11.3 Å². The van der Waals surface area contributed by atoms with Crippen LogP contribution in [0.1, 0.15) is 5.56 Å². The summed E-state index contributed by atoms with van der Waals surface area (Å²) in [5.74, 6) is -0.127. The number of aryl methyl sites for hydroxylation is 1. The second kappa shape index (κ2) is 9.64. The average Bonchev–Trinajstić information content (AvgIpc) is 3.24. The number of nitro benzene ring substituents is 1. The minimum Gasteiger partial charge on any atom is -0.369 e. The predicted molar refractivity (Wildman–Crippen MR) is 128 cm³/mol. The monoisotopic (exact) mass is 471 g/mol. The van der Waals surface area contributed by atoms with E-state index in [1.54, 1.807) is 17.5 Å². The van der Waals surface area contributed by atoms with Gasteiger partial charge in [-0.2, -0.15) is 0 Å². The van der Waals surface area contributed by atoms with E-state index in [4.69, 9.17) is 11.6 Å². The molecule has 2 heterocycles. The molecule has 0 unspecified atom stereocenters. The fourth-order valence-electron chi connectivity index (χ4n) is 3.67. The van der Waals surface area contributed by atoms with Gasteiger partial charge in [0, 0.05) is 60.0 Å². The highest BCUT2D eigenvalue weighted by Gasteiger charge is 2.21. The molecule has 2 aromatic carbocycles. The molecule has 0 spiro atoms. The predicted octanol–water partition coefficient (Wildman–Crippen LogP) is 4.44. The van der Waals surface area contributed by atoms with Crippen LogP contribution < -0.4 is 10.2 Å². The lowest BCUT2D eigenvalue weighted by Crippen LogP contribution is -2.48. The molecule has 0 bridgehead atoms. The zero-order valence-corrected chi connectivity index (χ0v) is 19.0. The molecule has 166 valence electrons. The van der Waals surface area contributed by atoms with Crippen LogP contribution in [0, 0.1) is 17.0 Å². The number of carbonyl (C=O) groups is 1. The number of thiazole rings is 1. The van der Waals surface area contributed by atoms with Gasteiger partial charge in [0.25, 0.3) is 5.69 Å². The highest BCUT2D eigenvalue weighted by Crippen LogP contribution is 2.28. The maximum atomic E-state index is 12.5. The van der Waals surface area contributed by atoms with Gasteiger partial charge in [0.05, 0.1) is 17.2 Å². The van der Waals surface area contributed by atoms with E-state index in [-0.39, 0.29) is 18.1 Å². The molecule has 0 radical (unpaired) electrons. The number of piperazine rings is 1. The lowest BCUT2D eigenvalue weighted by Gasteiger charge is -2.36. The third-order valence-corrected chi connectivity index (χ3v) is 6.35. The van der Waals surface area contributed by atoms with Crippen molar-refractivity contribution in [3.8, 4) is 11.3 Å². The molecule has 1 aliphatic rings. The zero-order chi connectivity index (χ0) is 22.7. The van der Waals surface area contributed by atoms with Crippen LogP contribution in [0.5, 0.6) is 0 Å². The number of nitro groups is 1. The van der Waals surface area contributed by atoms with Crippen molar-refractivity contribution in [1.29, 1.82) is 0 Å². The van der Waals surface area contributed by atoms with Crippen molar-refractivity contribution in [3.63, 3.8) is 0 Å². The van der Waals surface area contributed by atoms with Crippen LogP contribution in [-0.2, 0) is 4.79 Å². The third-order valence-electron chi connectivity index (χ3n) is 5.35. The Morgan fingerprint density at radius 3 is 2.75 bits per heavy atom. The number of hydrogen-bond acceptors (Lipinski definition) is 7. The minimum atomic E-state index is -0.438. The van der Waals surface area contributed by atoms with Crippen molar-refractivity contribution < 1.29 is 9.72 Å². The van der Waals surface area contributed by atoms with E-state index < -0.39 is 4.92 Å². The molecule has 4 rings (SSSR count). The molecule has 0 aliphatic carbocycles. The van der Waals surface area contributed by atoms with Crippen molar-refractivity contribution in [2.24, 2.45) is 0 Å². The van der Waals surface area contributed by atoms with Gasteiger partial charge in [0.2, 0.25) is 5.91 Å². The molecule has 1 aromatic heterocycles. The zero-order valence-electron chi connectivity index (χ0n) is 17.5. The number of halogens is 1. The van der Waals surface area contributed by atoms with Crippen LogP contribution in [0.2, 0.25) is 5.02 Å². The summed E-state index contributed by atoms with van der Waals surface area (Å²) in [6, 6.07) is 12.2. The Bertz CT molecular complexity index is 1140. The van der Waals surface area contributed by atoms with Gasteiger partial charge in [-0.3, -0.25) is 19.8 Å². The van der Waals surface area contributed by atoms with Crippen molar-refractivity contribution in [2.45, 2.75) is 6.92 Å². The SMILES string of the molecule is Cc1ccc(Cl)cc1N1CCN(CC(=O)Nc2nc(-c3cccc([N+](=O)[O-])c3)cs2)CC1. The Kier molecular flexibility index (Phi) is 6.69. The maximum Gasteiger partial charge on any atom is 0.270 e. The Morgan fingerprint density at radius 1 is 1.22 bits per heavy atom. The van der Waals surface area contributed by atoms with E-state index in [0.717, 1.165) is 36.9 Å². The quantitative estimate of drug-likeness (QED) is 0.422. The number of hydrogen-bond donors (Lipinski definition) is 1. The number of nitrogens with zero attached hydrogens (tertiary/aromatic N) is 4. The number of non-ortho nitro benzene ring substituents is 1. The third kappa shape index (κ3) is 5.24. The summed E-state index contributed by atoms with van der Waals surface area (Å²) in [6.45, 7) is 5.55. The molecule has 1 amide bonds. The molecular weight excluding hydrogens is 450 g/mol. The average molecular weight is 472 g/mol. The van der Waals surface area contributed by atoms with Crippen LogP contribution in [0.4, 0.5) is 16.5 Å². The Labute approximate surface area is 194 Å². The summed E-state index contributed by atoms with van der Waals surface area (Å²) >= 11 is 7.45. The molecule has 8 nitrogen and oxygen atoms in total. The standard InChI is InChI=1S/C22H22ClN5O3S/c1-15-5-6-17(23)12-20(15)27-9-7-26(8-10-27)13-21(29)25-22-24-19(14-32-22)16-3-2-4-18(11-16)28(30)31/h2-6,11-12,14H,7-10,13H2,1H3,(H,24,25,29). The van der Waals surface area contributed by atoms with E-state index in [9.17, 15) is 14.9 Å². The Morgan fingerprint density at radius 2 is 2.00 bits per heavy atom. The van der Waals surface area contributed by atoms with Crippen LogP contribution in [0.3, 0.4) is 0 Å². The van der Waals surface area contributed by atoms with Gasteiger partial charge in [-0.1, -0.05) is 29.8 Å². The molecule has 32 heavy (non-hydrogen) atoms. The number of anilines is 2. The van der Waals surface area contributed by atoms with Gasteiger partial charge in [0.15, 0.2) is 5.13 Å². The molecule has 0 atom stereocenters. The van der Waals surface area contributed by atoms with Gasteiger partial charge < -0.3 is 10.2 Å². The fourth-order valence-corrected chi connectivity index (χ4v) is 4.58. The van der Waals surface area contributed by atoms with Crippen molar-refractivity contribution >= 4 is 45.4 Å². The van der Waals surface area contributed by atoms with Gasteiger partial charge in [-0.05, 0) is 24.6 Å². The summed E-state index contributed by atoms with van der Waals surface area (Å²) in [5.41, 5.74) is 3.57. The first-order valence-electron chi connectivity index (χ1n) is 10.1. The fraction of sp³-hybridized carbons (Fsp3) is 0.273. The van der Waals surface area contributed by atoms with Gasteiger partial charge in [-0.25, -0.2) is 4.98 Å². The summed E-state index contributed by atoms with van der Waals surface area (Å²) in [4.78, 5) is 31.9. The lowest BCUT2D eigenvalue weighted by atomic mass is 10.1. The van der Waals surface area contributed by atoms with E-state index in [2.05, 4.69) is 27.0 Å². The summed E-state index contributed by atoms with van der Waals surface area (Å²) in [5, 5.41) is 16.8. The highest BCUT2D eigenvalue weighted by molar-refractivity contribution is 7.14. The first-order valence-corrected chi connectivity index (χ1v) is 11.4. The number of carbonyl (C=O) groups excluding carboxylic acids is 1. The van der Waals surface area contributed by atoms with Crippen LogP contribution in [-0.4, -0.2) is 53.4 Å². The lowest BCUT2D eigenvalue weighted by molar-refractivity contribution is -0.384. The Balaban J connectivity index is 1.31. The van der Waals surface area contributed by atoms with E-state index >= 15 is 0 Å². The second-order valence-corrected chi connectivity index (χ2v) is 8.88. The molecule has 1 aliphatic heterocycles. The number of nitrogens with one attached hydrogen (secondary N) is 1. The summed E-state index contributed by atoms with van der Waals surface area (Å²) in [7, 11) is 0. The number of amides is 1. The molecule has 10 heteroatoms. The molecular formula is C22H22ClN5O3S. The van der Waals surface area contributed by atoms with Crippen LogP contribution in [0.15, 0.2) is 47.8 Å². The first-order chi connectivity index (χ1) is 15.4. The molecule has 1 saturated heterocycles. The van der Waals surface area contributed by atoms with Crippen molar-refractivity contribution in [3.05, 3.63) is 68.5 Å². The summed E-state index contributed by atoms with van der Waals surface area (Å²) < 4.78 is 0. The van der Waals surface area contributed by atoms with E-state index in [1.165, 1.54) is 29.0 Å². The van der Waals surface area contributed by atoms with Gasteiger partial charge >= 0.3 is 0 Å². The van der Waals surface area contributed by atoms with E-state index in [1.807, 2.05) is 18.2 Å². The first kappa shape index (κ1) is 22.2. The molecule has 3 aromatic rings. The van der Waals surface area contributed by atoms with Crippen molar-refractivity contribution in [1.82, 2.24) is 9.88 Å². The number of aromatic nitrogens is 1. The minimum absolute atomic E-state index is 0.00759. The molecule has 1 fully saturated rings. The summed E-state index contributed by atoms with van der Waals surface area (Å²) in [6.07, 6.45) is 0. The molecule has 1 N–H and O–H groups in total. The van der Waals surface area contributed by atoms with Crippen LogP contribution in [0.25, 0.3) is 11.3 Å². The normalized spacial score (nSPS) is 14.4. The second-order valence-electron chi connectivity index (χ2n) is 7.59. The molecule has 0 saturated carbocycles. The smallest absolute Gasteiger partial charge is 0.270 e. The van der Waals surface area contributed by atoms with Crippen molar-refractivity contribution in [2.75, 3.05) is 42.9 Å². The maximum absolute atomic E-state index is 12.5. The van der Waals surface area contributed by atoms with Crippen LogP contribution >= 0.6 is 22.9 Å². The van der Waals surface area contributed by atoms with Gasteiger partial charge in [0.1, 0.15) is 0 Å². The Hall–Kier alpha value is -3.01. The topological polar surface area (TPSA) is 91.6 Å². The largest absolute Gasteiger partial charge is 0.369 e. The highest BCUT2D eigenvalue weighted by atomic mass is 35.5.